The van der Waals surface area contributed by atoms with Gasteiger partial charge >= 0.3 is 0 Å². The average Bonchev–Trinajstić information content (AvgIpc) is 3.00. The van der Waals surface area contributed by atoms with Crippen molar-refractivity contribution in [2.75, 3.05) is 0 Å². The van der Waals surface area contributed by atoms with Crippen LogP contribution in [-0.2, 0) is 0 Å². The number of hydrogen-bond acceptors (Lipinski definition) is 1. The molecule has 0 aliphatic rings. The van der Waals surface area contributed by atoms with E-state index in [9.17, 15) is 0 Å². The first-order valence-corrected chi connectivity index (χ1v) is 14.2. The number of hydrogen-bond donors (Lipinski definition) is 0. The summed E-state index contributed by atoms with van der Waals surface area (Å²) in [5.41, 5.74) is 0. The van der Waals surface area contributed by atoms with Crippen molar-refractivity contribution >= 4 is 0 Å². The van der Waals surface area contributed by atoms with Crippen LogP contribution in [0.15, 0.2) is 60.7 Å². The van der Waals surface area contributed by atoms with Gasteiger partial charge in [-0.1, -0.05) is 175 Å². The minimum absolute atomic E-state index is 0.869. The standard InChI is InChI=1S/C12H10O.10C2H6/c1-3-7-11(8-4-1)13-12-9-5-2-6-10-12;10*1-2/h1-10H;10*1-2H3. The predicted octanol–water partition coefficient (Wildman–Crippen LogP) is 13.7. The molecular weight excluding hydrogens is 400 g/mol. The topological polar surface area (TPSA) is 9.23 Å². The van der Waals surface area contributed by atoms with Crippen molar-refractivity contribution in [1.82, 2.24) is 0 Å². The van der Waals surface area contributed by atoms with Gasteiger partial charge in [0.25, 0.3) is 0 Å². The summed E-state index contributed by atoms with van der Waals surface area (Å²) in [7, 11) is 0. The third-order valence-corrected chi connectivity index (χ3v) is 1.72. The molecule has 0 saturated carbocycles. The fraction of sp³-hybridized carbons (Fsp3) is 0.625. The van der Waals surface area contributed by atoms with Crippen LogP contribution in [-0.4, -0.2) is 0 Å². The summed E-state index contributed by atoms with van der Waals surface area (Å²) < 4.78 is 5.58. The molecule has 2 aromatic carbocycles. The zero-order chi connectivity index (χ0) is 28.9. The summed E-state index contributed by atoms with van der Waals surface area (Å²) in [6.07, 6.45) is 0. The van der Waals surface area contributed by atoms with Gasteiger partial charge in [0.15, 0.2) is 0 Å². The zero-order valence-corrected chi connectivity index (χ0v) is 27.2. The van der Waals surface area contributed by atoms with E-state index in [1.165, 1.54) is 0 Å². The van der Waals surface area contributed by atoms with Gasteiger partial charge in [-0.15, -0.1) is 0 Å². The molecule has 0 N–H and O–H groups in total. The molecule has 0 bridgehead atoms. The summed E-state index contributed by atoms with van der Waals surface area (Å²) in [4.78, 5) is 0. The lowest BCUT2D eigenvalue weighted by molar-refractivity contribution is 0.482. The summed E-state index contributed by atoms with van der Waals surface area (Å²) in [5.74, 6) is 1.74. The highest BCUT2D eigenvalue weighted by molar-refractivity contribution is 5.30. The Kier molecular flexibility index (Phi) is 195. The molecule has 1 nitrogen and oxygen atoms in total. The van der Waals surface area contributed by atoms with Crippen LogP contribution in [0.5, 0.6) is 11.5 Å². The second kappa shape index (κ2) is 111. The third-order valence-electron chi connectivity index (χ3n) is 1.72. The van der Waals surface area contributed by atoms with Crippen LogP contribution in [0.1, 0.15) is 138 Å². The van der Waals surface area contributed by atoms with Gasteiger partial charge in [0, 0.05) is 0 Å². The van der Waals surface area contributed by atoms with Crippen molar-refractivity contribution in [3.8, 4) is 11.5 Å². The Hall–Kier alpha value is -1.76. The first-order valence-electron chi connectivity index (χ1n) is 14.2. The Bertz CT molecular complexity index is 317. The van der Waals surface area contributed by atoms with Gasteiger partial charge in [-0.25, -0.2) is 0 Å². The maximum Gasteiger partial charge on any atom is 0.127 e. The lowest BCUT2D eigenvalue weighted by Crippen LogP contribution is -1.81. The third kappa shape index (κ3) is 72.5. The van der Waals surface area contributed by atoms with Gasteiger partial charge in [0.05, 0.1) is 0 Å². The van der Waals surface area contributed by atoms with Crippen LogP contribution >= 0.6 is 0 Å². The van der Waals surface area contributed by atoms with E-state index in [0.29, 0.717) is 0 Å². The van der Waals surface area contributed by atoms with E-state index in [-0.39, 0.29) is 0 Å². The SMILES string of the molecule is CC.CC.CC.CC.CC.CC.CC.CC.CC.CC.c1ccc(Oc2ccccc2)cc1. The molecule has 0 aliphatic heterocycles. The quantitative estimate of drug-likeness (QED) is 0.424. The van der Waals surface area contributed by atoms with E-state index < -0.39 is 0 Å². The molecule has 0 fully saturated rings. The van der Waals surface area contributed by atoms with Crippen molar-refractivity contribution in [3.05, 3.63) is 60.7 Å². The van der Waals surface area contributed by atoms with Crippen molar-refractivity contribution in [1.29, 1.82) is 0 Å². The molecule has 2 rings (SSSR count). The predicted molar refractivity (Wildman–Crippen MR) is 166 cm³/mol. The number of rotatable bonds is 2. The molecule has 0 aliphatic carbocycles. The summed E-state index contributed by atoms with van der Waals surface area (Å²) in [6, 6.07) is 19.5. The van der Waals surface area contributed by atoms with Crippen molar-refractivity contribution < 1.29 is 4.74 Å². The normalized spacial score (nSPS) is 5.58. The minimum Gasteiger partial charge on any atom is -0.457 e. The van der Waals surface area contributed by atoms with Crippen LogP contribution in [0, 0.1) is 0 Å². The van der Waals surface area contributed by atoms with E-state index >= 15 is 0 Å². The highest BCUT2D eigenvalue weighted by atomic mass is 16.5. The molecule has 0 amide bonds. The Balaban J connectivity index is -0.0000000351. The van der Waals surface area contributed by atoms with E-state index in [0.717, 1.165) is 11.5 Å². The van der Waals surface area contributed by atoms with Gasteiger partial charge in [-0.05, 0) is 24.3 Å². The van der Waals surface area contributed by atoms with Crippen molar-refractivity contribution in [3.63, 3.8) is 0 Å². The second-order valence-corrected chi connectivity index (χ2v) is 2.73. The fourth-order valence-electron chi connectivity index (χ4n) is 1.11. The van der Waals surface area contributed by atoms with Gasteiger partial charge in [0.1, 0.15) is 11.5 Å². The van der Waals surface area contributed by atoms with Crippen LogP contribution < -0.4 is 4.74 Å². The van der Waals surface area contributed by atoms with Gasteiger partial charge in [-0.3, -0.25) is 0 Å². The highest BCUT2D eigenvalue weighted by Crippen LogP contribution is 2.19. The van der Waals surface area contributed by atoms with Crippen LogP contribution in [0.25, 0.3) is 0 Å². The highest BCUT2D eigenvalue weighted by Gasteiger charge is 1.92. The van der Waals surface area contributed by atoms with Gasteiger partial charge in [0.2, 0.25) is 0 Å². The maximum absolute atomic E-state index is 5.58. The molecule has 0 radical (unpaired) electrons. The first-order chi connectivity index (χ1) is 16.4. The molecule has 0 aromatic heterocycles. The number of benzene rings is 2. The summed E-state index contributed by atoms with van der Waals surface area (Å²) >= 11 is 0. The Morgan fingerprint density at radius 3 is 0.576 bits per heavy atom. The zero-order valence-electron chi connectivity index (χ0n) is 27.2. The average molecular weight is 471 g/mol. The monoisotopic (exact) mass is 471 g/mol. The minimum atomic E-state index is 0.869. The van der Waals surface area contributed by atoms with E-state index in [1.54, 1.807) is 0 Å². The largest absolute Gasteiger partial charge is 0.457 e. The summed E-state index contributed by atoms with van der Waals surface area (Å²) in [6.45, 7) is 40.0. The van der Waals surface area contributed by atoms with E-state index in [4.69, 9.17) is 4.74 Å². The Labute approximate surface area is 215 Å². The van der Waals surface area contributed by atoms with Crippen LogP contribution in [0.4, 0.5) is 0 Å². The molecule has 0 saturated heterocycles. The molecule has 2 aromatic rings. The fourth-order valence-corrected chi connectivity index (χ4v) is 1.11. The van der Waals surface area contributed by atoms with Gasteiger partial charge < -0.3 is 4.74 Å². The lowest BCUT2D eigenvalue weighted by atomic mass is 10.3. The number of ether oxygens (including phenoxy) is 1. The van der Waals surface area contributed by atoms with Crippen LogP contribution in [0.2, 0.25) is 0 Å². The molecular formula is C32H70O. The Morgan fingerprint density at radius 1 is 0.273 bits per heavy atom. The van der Waals surface area contributed by atoms with Crippen LogP contribution in [0.3, 0.4) is 0 Å². The van der Waals surface area contributed by atoms with Crippen molar-refractivity contribution in [2.45, 2.75) is 138 Å². The van der Waals surface area contributed by atoms with Crippen molar-refractivity contribution in [2.24, 2.45) is 0 Å². The van der Waals surface area contributed by atoms with E-state index in [2.05, 4.69) is 0 Å². The maximum atomic E-state index is 5.58. The van der Waals surface area contributed by atoms with E-state index in [1.807, 2.05) is 199 Å². The molecule has 33 heavy (non-hydrogen) atoms. The lowest BCUT2D eigenvalue weighted by Gasteiger charge is -2.03. The molecule has 0 atom stereocenters. The summed E-state index contributed by atoms with van der Waals surface area (Å²) in [5, 5.41) is 0. The second-order valence-electron chi connectivity index (χ2n) is 2.73. The molecule has 1 heteroatoms. The molecule has 0 spiro atoms. The molecule has 0 heterocycles. The first kappa shape index (κ1) is 57.8. The Morgan fingerprint density at radius 2 is 0.424 bits per heavy atom. The molecule has 0 unspecified atom stereocenters. The smallest absolute Gasteiger partial charge is 0.127 e. The number of para-hydroxylation sites is 2. The van der Waals surface area contributed by atoms with Gasteiger partial charge in [-0.2, -0.15) is 0 Å². The molecule has 204 valence electrons.